The van der Waals surface area contributed by atoms with Crippen LogP contribution >= 0.6 is 0 Å². The summed E-state index contributed by atoms with van der Waals surface area (Å²) < 4.78 is 4.58. The summed E-state index contributed by atoms with van der Waals surface area (Å²) in [6, 6.07) is 0. The van der Waals surface area contributed by atoms with Gasteiger partial charge in [0.1, 0.15) is 5.82 Å². The molecular formula is C14H21N3O3. The number of nitrogens with one attached hydrogen (secondary N) is 1. The molecule has 6 nitrogen and oxygen atoms in total. The number of nitrogens with zero attached hydrogens (tertiary/aromatic N) is 2. The molecule has 0 amide bonds. The number of aromatic nitrogens is 2. The van der Waals surface area contributed by atoms with Crippen molar-refractivity contribution >= 4 is 11.8 Å². The van der Waals surface area contributed by atoms with E-state index in [1.54, 1.807) is 0 Å². The molecule has 1 aromatic rings. The SMILES string of the molecule is COC(=O)c1cnc(NC2(CO)CCC(C)CC2)cn1. The third kappa shape index (κ3) is 3.25. The van der Waals surface area contributed by atoms with Crippen LogP contribution in [0.4, 0.5) is 5.82 Å². The first-order valence-corrected chi connectivity index (χ1v) is 6.88. The Labute approximate surface area is 118 Å². The Bertz CT molecular complexity index is 453. The highest BCUT2D eigenvalue weighted by atomic mass is 16.5. The van der Waals surface area contributed by atoms with Crippen molar-refractivity contribution < 1.29 is 14.6 Å². The maximum absolute atomic E-state index is 11.3. The van der Waals surface area contributed by atoms with Gasteiger partial charge in [0.15, 0.2) is 5.69 Å². The molecule has 0 aliphatic heterocycles. The van der Waals surface area contributed by atoms with Gasteiger partial charge in [0.05, 0.1) is 31.6 Å². The van der Waals surface area contributed by atoms with Gasteiger partial charge in [-0.1, -0.05) is 6.92 Å². The number of carbonyl (C=O) groups excluding carboxylic acids is 1. The molecule has 0 unspecified atom stereocenters. The van der Waals surface area contributed by atoms with Crippen molar-refractivity contribution in [1.82, 2.24) is 9.97 Å². The molecule has 0 aromatic carbocycles. The fourth-order valence-corrected chi connectivity index (χ4v) is 2.51. The Kier molecular flexibility index (Phi) is 4.54. The Morgan fingerprint density at radius 3 is 2.65 bits per heavy atom. The Hall–Kier alpha value is -1.69. The molecule has 110 valence electrons. The molecule has 0 spiro atoms. The second-order valence-electron chi connectivity index (χ2n) is 5.52. The predicted molar refractivity (Wildman–Crippen MR) is 74.4 cm³/mol. The number of aliphatic hydroxyl groups is 1. The van der Waals surface area contributed by atoms with E-state index in [4.69, 9.17) is 0 Å². The molecule has 0 atom stereocenters. The second-order valence-corrected chi connectivity index (χ2v) is 5.52. The zero-order valence-corrected chi connectivity index (χ0v) is 11.9. The fraction of sp³-hybridized carbons (Fsp3) is 0.643. The molecule has 2 rings (SSSR count). The second kappa shape index (κ2) is 6.17. The number of hydrogen-bond donors (Lipinski definition) is 2. The predicted octanol–water partition coefficient (Wildman–Crippen LogP) is 1.62. The summed E-state index contributed by atoms with van der Waals surface area (Å²) in [7, 11) is 1.31. The van der Waals surface area contributed by atoms with Crippen LogP contribution in [0, 0.1) is 5.92 Å². The van der Waals surface area contributed by atoms with Gasteiger partial charge in [-0.2, -0.15) is 0 Å². The van der Waals surface area contributed by atoms with Crippen LogP contribution in [0.2, 0.25) is 0 Å². The first-order chi connectivity index (χ1) is 9.58. The largest absolute Gasteiger partial charge is 0.464 e. The van der Waals surface area contributed by atoms with Crippen molar-refractivity contribution in [3.63, 3.8) is 0 Å². The zero-order chi connectivity index (χ0) is 14.6. The van der Waals surface area contributed by atoms with Crippen LogP contribution in [0.5, 0.6) is 0 Å². The van der Waals surface area contributed by atoms with Crippen molar-refractivity contribution in [2.45, 2.75) is 38.1 Å². The summed E-state index contributed by atoms with van der Waals surface area (Å²) in [6.07, 6.45) is 6.87. The lowest BCUT2D eigenvalue weighted by Gasteiger charge is -2.39. The summed E-state index contributed by atoms with van der Waals surface area (Å²) in [5.74, 6) is 0.762. The van der Waals surface area contributed by atoms with Gasteiger partial charge in [0.2, 0.25) is 0 Å². The van der Waals surface area contributed by atoms with Gasteiger partial charge >= 0.3 is 5.97 Å². The van der Waals surface area contributed by atoms with Gasteiger partial charge in [-0.3, -0.25) is 0 Å². The summed E-state index contributed by atoms with van der Waals surface area (Å²) in [5, 5.41) is 13.0. The number of methoxy groups -OCH3 is 1. The molecule has 1 fully saturated rings. The molecule has 0 saturated heterocycles. The maximum atomic E-state index is 11.3. The van der Waals surface area contributed by atoms with Gasteiger partial charge in [-0.25, -0.2) is 14.8 Å². The molecular weight excluding hydrogens is 258 g/mol. The van der Waals surface area contributed by atoms with E-state index in [2.05, 4.69) is 26.9 Å². The van der Waals surface area contributed by atoms with Gasteiger partial charge in [-0.15, -0.1) is 0 Å². The standard InChI is InChI=1S/C14H21N3O3/c1-10-3-5-14(9-18,6-4-10)17-12-8-15-11(7-16-12)13(19)20-2/h7-8,10,18H,3-6,9H2,1-2H3,(H,16,17). The lowest BCUT2D eigenvalue weighted by molar-refractivity contribution is 0.0593. The number of carbonyl (C=O) groups is 1. The molecule has 20 heavy (non-hydrogen) atoms. The van der Waals surface area contributed by atoms with Gasteiger partial charge in [0.25, 0.3) is 0 Å². The third-order valence-corrected chi connectivity index (χ3v) is 3.97. The van der Waals surface area contributed by atoms with Crippen LogP contribution < -0.4 is 5.32 Å². The summed E-state index contributed by atoms with van der Waals surface area (Å²) in [5.41, 5.74) is -0.151. The van der Waals surface area contributed by atoms with Gasteiger partial charge in [-0.05, 0) is 31.6 Å². The highest BCUT2D eigenvalue weighted by Gasteiger charge is 2.33. The molecule has 0 radical (unpaired) electrons. The van der Waals surface area contributed by atoms with Crippen LogP contribution in [0.1, 0.15) is 43.1 Å². The molecule has 1 aliphatic rings. The van der Waals surface area contributed by atoms with Crippen molar-refractivity contribution in [3.8, 4) is 0 Å². The normalized spacial score (nSPS) is 26.1. The minimum absolute atomic E-state index is 0.0696. The Balaban J connectivity index is 2.06. The zero-order valence-electron chi connectivity index (χ0n) is 11.9. The number of aliphatic hydroxyl groups excluding tert-OH is 1. The van der Waals surface area contributed by atoms with E-state index in [9.17, 15) is 9.90 Å². The summed E-state index contributed by atoms with van der Waals surface area (Å²) >= 11 is 0. The van der Waals surface area contributed by atoms with Gasteiger partial charge < -0.3 is 15.2 Å². The minimum Gasteiger partial charge on any atom is -0.464 e. The highest BCUT2D eigenvalue weighted by molar-refractivity contribution is 5.86. The Morgan fingerprint density at radius 2 is 2.15 bits per heavy atom. The summed E-state index contributed by atoms with van der Waals surface area (Å²) in [6.45, 7) is 2.30. The van der Waals surface area contributed by atoms with Crippen molar-refractivity contribution in [1.29, 1.82) is 0 Å². The molecule has 1 aliphatic carbocycles. The van der Waals surface area contributed by atoms with Crippen molar-refractivity contribution in [2.24, 2.45) is 5.92 Å². The molecule has 6 heteroatoms. The maximum Gasteiger partial charge on any atom is 0.358 e. The fourth-order valence-electron chi connectivity index (χ4n) is 2.51. The summed E-state index contributed by atoms with van der Waals surface area (Å²) in [4.78, 5) is 19.5. The molecule has 2 N–H and O–H groups in total. The van der Waals surface area contributed by atoms with E-state index in [0.717, 1.165) is 25.7 Å². The Morgan fingerprint density at radius 1 is 1.45 bits per heavy atom. The number of ether oxygens (including phenoxy) is 1. The van der Waals surface area contributed by atoms with Crippen LogP contribution in [0.15, 0.2) is 12.4 Å². The van der Waals surface area contributed by atoms with E-state index >= 15 is 0 Å². The average Bonchev–Trinajstić information content (AvgIpc) is 2.50. The topological polar surface area (TPSA) is 84.3 Å². The lowest BCUT2D eigenvalue weighted by Crippen LogP contribution is -2.45. The van der Waals surface area contributed by atoms with Crippen LogP contribution in [-0.4, -0.2) is 40.3 Å². The number of esters is 1. The minimum atomic E-state index is -0.507. The first kappa shape index (κ1) is 14.7. The molecule has 1 saturated carbocycles. The van der Waals surface area contributed by atoms with E-state index < -0.39 is 5.97 Å². The van der Waals surface area contributed by atoms with E-state index in [1.807, 2.05) is 0 Å². The van der Waals surface area contributed by atoms with Crippen LogP contribution in [0.3, 0.4) is 0 Å². The van der Waals surface area contributed by atoms with Crippen molar-refractivity contribution in [3.05, 3.63) is 18.1 Å². The smallest absolute Gasteiger partial charge is 0.358 e. The monoisotopic (exact) mass is 279 g/mol. The number of anilines is 1. The van der Waals surface area contributed by atoms with E-state index in [0.29, 0.717) is 11.7 Å². The van der Waals surface area contributed by atoms with E-state index in [1.165, 1.54) is 19.5 Å². The lowest BCUT2D eigenvalue weighted by atomic mass is 9.77. The quantitative estimate of drug-likeness (QED) is 0.815. The van der Waals surface area contributed by atoms with Crippen LogP contribution in [-0.2, 0) is 4.74 Å². The number of rotatable bonds is 4. The van der Waals surface area contributed by atoms with Gasteiger partial charge in [0, 0.05) is 0 Å². The first-order valence-electron chi connectivity index (χ1n) is 6.88. The van der Waals surface area contributed by atoms with E-state index in [-0.39, 0.29) is 17.8 Å². The average molecular weight is 279 g/mol. The molecule has 0 bridgehead atoms. The molecule has 1 aromatic heterocycles. The number of hydrogen-bond acceptors (Lipinski definition) is 6. The van der Waals surface area contributed by atoms with Crippen molar-refractivity contribution in [2.75, 3.05) is 19.0 Å². The highest BCUT2D eigenvalue weighted by Crippen LogP contribution is 2.33. The third-order valence-electron chi connectivity index (χ3n) is 3.97. The van der Waals surface area contributed by atoms with Crippen LogP contribution in [0.25, 0.3) is 0 Å². The molecule has 1 heterocycles.